The molecule has 74 valence electrons. The van der Waals surface area contributed by atoms with Crippen molar-refractivity contribution in [2.24, 2.45) is 5.92 Å². The smallest absolute Gasteiger partial charge is 0.149 e. The molecule has 2 fully saturated rings. The summed E-state index contributed by atoms with van der Waals surface area (Å²) in [6.45, 7) is 4.59. The van der Waals surface area contributed by atoms with Crippen LogP contribution in [-0.2, 0) is 4.79 Å². The van der Waals surface area contributed by atoms with Crippen LogP contribution in [-0.4, -0.2) is 29.8 Å². The molecule has 0 radical (unpaired) electrons. The summed E-state index contributed by atoms with van der Waals surface area (Å²) in [5, 5.41) is 0. The van der Waals surface area contributed by atoms with Gasteiger partial charge in [-0.2, -0.15) is 0 Å². The summed E-state index contributed by atoms with van der Waals surface area (Å²) in [6.07, 6.45) is 5.65. The molecule has 1 heterocycles. The van der Waals surface area contributed by atoms with Crippen molar-refractivity contribution in [1.82, 2.24) is 4.90 Å². The molecule has 2 atom stereocenters. The molecule has 0 aromatic rings. The first-order chi connectivity index (χ1) is 6.31. The van der Waals surface area contributed by atoms with Crippen LogP contribution in [0.15, 0.2) is 0 Å². The fraction of sp³-hybridized carbons (Fsp3) is 0.909. The van der Waals surface area contributed by atoms with Crippen LogP contribution in [0.4, 0.5) is 0 Å². The summed E-state index contributed by atoms with van der Waals surface area (Å²) >= 11 is 0. The van der Waals surface area contributed by atoms with Crippen molar-refractivity contribution in [3.05, 3.63) is 0 Å². The lowest BCUT2D eigenvalue weighted by Gasteiger charge is -2.21. The summed E-state index contributed by atoms with van der Waals surface area (Å²) in [4.78, 5) is 13.9. The van der Waals surface area contributed by atoms with Gasteiger partial charge in [-0.1, -0.05) is 13.3 Å². The van der Waals surface area contributed by atoms with Gasteiger partial charge in [-0.25, -0.2) is 0 Å². The van der Waals surface area contributed by atoms with E-state index in [0.717, 1.165) is 31.7 Å². The zero-order valence-electron chi connectivity index (χ0n) is 8.46. The molecular weight excluding hydrogens is 162 g/mol. The molecule has 2 rings (SSSR count). The highest BCUT2D eigenvalue weighted by atomic mass is 16.1. The van der Waals surface area contributed by atoms with E-state index in [2.05, 4.69) is 11.8 Å². The normalized spacial score (nSPS) is 35.9. The Morgan fingerprint density at radius 3 is 2.85 bits per heavy atom. The Kier molecular flexibility index (Phi) is 2.68. The number of carbonyl (C=O) groups is 1. The number of likely N-dealkylation sites (tertiary alicyclic amines) is 1. The van der Waals surface area contributed by atoms with E-state index < -0.39 is 0 Å². The van der Waals surface area contributed by atoms with E-state index in [1.54, 1.807) is 0 Å². The van der Waals surface area contributed by atoms with Gasteiger partial charge in [0.15, 0.2) is 0 Å². The van der Waals surface area contributed by atoms with Crippen LogP contribution in [0.3, 0.4) is 0 Å². The number of Topliss-reactive ketones (excluding diaryl/α,β-unsaturated/α-hetero) is 1. The number of rotatable bonds is 2. The summed E-state index contributed by atoms with van der Waals surface area (Å²) in [5.74, 6) is 1.35. The van der Waals surface area contributed by atoms with Gasteiger partial charge in [0.2, 0.25) is 0 Å². The van der Waals surface area contributed by atoms with Gasteiger partial charge >= 0.3 is 0 Å². The minimum absolute atomic E-state index is 0.302. The molecule has 0 N–H and O–H groups in total. The van der Waals surface area contributed by atoms with Gasteiger partial charge in [0, 0.05) is 13.0 Å². The van der Waals surface area contributed by atoms with Crippen LogP contribution >= 0.6 is 0 Å². The van der Waals surface area contributed by atoms with Gasteiger partial charge in [-0.15, -0.1) is 0 Å². The maximum Gasteiger partial charge on any atom is 0.149 e. The van der Waals surface area contributed by atoms with E-state index in [1.165, 1.54) is 19.4 Å². The van der Waals surface area contributed by atoms with Gasteiger partial charge in [-0.05, 0) is 31.7 Å². The van der Waals surface area contributed by atoms with Crippen LogP contribution in [0, 0.1) is 5.92 Å². The average molecular weight is 181 g/mol. The second-order valence-corrected chi connectivity index (χ2v) is 4.43. The molecule has 2 unspecified atom stereocenters. The first kappa shape index (κ1) is 9.20. The Morgan fingerprint density at radius 2 is 2.31 bits per heavy atom. The third-order valence-electron chi connectivity index (χ3n) is 3.61. The minimum Gasteiger partial charge on any atom is -0.298 e. The largest absolute Gasteiger partial charge is 0.298 e. The highest BCUT2D eigenvalue weighted by molar-refractivity contribution is 5.85. The zero-order chi connectivity index (χ0) is 9.26. The van der Waals surface area contributed by atoms with E-state index in [9.17, 15) is 4.79 Å². The van der Waals surface area contributed by atoms with E-state index in [-0.39, 0.29) is 0 Å². The maximum atomic E-state index is 11.5. The number of nitrogens with zero attached hydrogens (tertiary/aromatic N) is 1. The minimum atomic E-state index is 0.302. The third kappa shape index (κ3) is 1.78. The molecule has 2 aliphatic rings. The van der Waals surface area contributed by atoms with Gasteiger partial charge in [0.1, 0.15) is 5.78 Å². The zero-order valence-corrected chi connectivity index (χ0v) is 8.46. The maximum absolute atomic E-state index is 11.5. The first-order valence-electron chi connectivity index (χ1n) is 5.58. The van der Waals surface area contributed by atoms with E-state index in [4.69, 9.17) is 0 Å². The molecule has 13 heavy (non-hydrogen) atoms. The number of carbonyl (C=O) groups excluding carboxylic acids is 1. The molecule has 0 spiro atoms. The predicted molar refractivity (Wildman–Crippen MR) is 52.6 cm³/mol. The highest BCUT2D eigenvalue weighted by Crippen LogP contribution is 2.27. The lowest BCUT2D eigenvalue weighted by Crippen LogP contribution is -2.36. The molecular formula is C11H19NO. The number of hydrogen-bond acceptors (Lipinski definition) is 2. The molecule has 1 aliphatic heterocycles. The van der Waals surface area contributed by atoms with Gasteiger partial charge in [0.25, 0.3) is 0 Å². The summed E-state index contributed by atoms with van der Waals surface area (Å²) < 4.78 is 0. The lowest BCUT2D eigenvalue weighted by atomic mass is 10.1. The van der Waals surface area contributed by atoms with Gasteiger partial charge in [0.05, 0.1) is 6.04 Å². The molecule has 0 aromatic carbocycles. The Hall–Kier alpha value is -0.370. The van der Waals surface area contributed by atoms with E-state index >= 15 is 0 Å². The summed E-state index contributed by atoms with van der Waals surface area (Å²) in [6, 6.07) is 0.302. The van der Waals surface area contributed by atoms with Crippen LogP contribution < -0.4 is 0 Å². The molecule has 1 saturated carbocycles. The third-order valence-corrected chi connectivity index (χ3v) is 3.61. The monoisotopic (exact) mass is 181 g/mol. The van der Waals surface area contributed by atoms with Crippen LogP contribution in [0.5, 0.6) is 0 Å². The predicted octanol–water partition coefficient (Wildman–Crippen LogP) is 1.84. The van der Waals surface area contributed by atoms with E-state index in [1.807, 2.05) is 0 Å². The number of hydrogen-bond donors (Lipinski definition) is 0. The Bertz CT molecular complexity index is 202. The van der Waals surface area contributed by atoms with Crippen molar-refractivity contribution in [3.8, 4) is 0 Å². The van der Waals surface area contributed by atoms with E-state index in [0.29, 0.717) is 11.8 Å². The fourth-order valence-electron chi connectivity index (χ4n) is 2.66. The highest BCUT2D eigenvalue weighted by Gasteiger charge is 2.33. The second kappa shape index (κ2) is 3.79. The van der Waals surface area contributed by atoms with Crippen molar-refractivity contribution >= 4 is 5.78 Å². The number of ketones is 1. The van der Waals surface area contributed by atoms with Crippen LogP contribution in [0.25, 0.3) is 0 Å². The standard InChI is InChI=1S/C11H19NO/c1-2-9-6-7-12(8-9)10-4-3-5-11(10)13/h9-10H,2-8H2,1H3. The average Bonchev–Trinajstić information content (AvgIpc) is 2.71. The van der Waals surface area contributed by atoms with Crippen molar-refractivity contribution < 1.29 is 4.79 Å². The quantitative estimate of drug-likeness (QED) is 0.648. The topological polar surface area (TPSA) is 20.3 Å². The van der Waals surface area contributed by atoms with Crippen molar-refractivity contribution in [2.45, 2.75) is 45.1 Å². The SMILES string of the molecule is CCC1CCN(C2CCCC2=O)C1. The lowest BCUT2D eigenvalue weighted by molar-refractivity contribution is -0.121. The molecule has 1 aliphatic carbocycles. The Labute approximate surface area is 80.3 Å². The Morgan fingerprint density at radius 1 is 1.46 bits per heavy atom. The summed E-state index contributed by atoms with van der Waals surface area (Å²) in [5.41, 5.74) is 0. The second-order valence-electron chi connectivity index (χ2n) is 4.43. The van der Waals surface area contributed by atoms with Gasteiger partial charge < -0.3 is 0 Å². The van der Waals surface area contributed by atoms with Crippen molar-refractivity contribution in [2.75, 3.05) is 13.1 Å². The molecule has 0 aromatic heterocycles. The first-order valence-corrected chi connectivity index (χ1v) is 5.58. The van der Waals surface area contributed by atoms with Gasteiger partial charge in [-0.3, -0.25) is 9.69 Å². The molecule has 0 bridgehead atoms. The molecule has 2 heteroatoms. The Balaban J connectivity index is 1.91. The molecule has 0 amide bonds. The molecule has 2 nitrogen and oxygen atoms in total. The van der Waals surface area contributed by atoms with Crippen molar-refractivity contribution in [3.63, 3.8) is 0 Å². The fourth-order valence-corrected chi connectivity index (χ4v) is 2.66. The molecule has 1 saturated heterocycles. The summed E-state index contributed by atoms with van der Waals surface area (Å²) in [7, 11) is 0. The van der Waals surface area contributed by atoms with Crippen molar-refractivity contribution in [1.29, 1.82) is 0 Å². The van der Waals surface area contributed by atoms with Crippen LogP contribution in [0.1, 0.15) is 39.0 Å². The van der Waals surface area contributed by atoms with Crippen LogP contribution in [0.2, 0.25) is 0 Å².